The summed E-state index contributed by atoms with van der Waals surface area (Å²) in [7, 11) is 1.27. The zero-order valence-electron chi connectivity index (χ0n) is 18.7. The number of rotatable bonds is 8. The number of benzene rings is 2. The number of ether oxygens (including phenoxy) is 1. The molecule has 180 valence electrons. The molecule has 0 fully saturated rings. The number of carbonyl (C=O) groups is 2. The van der Waals surface area contributed by atoms with E-state index in [0.29, 0.717) is 38.7 Å². The number of nitrogens with zero attached hydrogens (tertiary/aromatic N) is 3. The summed E-state index contributed by atoms with van der Waals surface area (Å²) in [6.07, 6.45) is 0. The minimum Gasteiger partial charge on any atom is -0.465 e. The minimum atomic E-state index is -0.591. The third-order valence-corrected chi connectivity index (χ3v) is 7.17. The van der Waals surface area contributed by atoms with E-state index in [1.165, 1.54) is 42.3 Å². The average Bonchev–Trinajstić information content (AvgIpc) is 3.47. The number of hydrogen-bond acceptors (Lipinski definition) is 7. The topological polar surface area (TPSA) is 86.1 Å². The van der Waals surface area contributed by atoms with Gasteiger partial charge < -0.3 is 14.6 Å². The molecule has 35 heavy (non-hydrogen) atoms. The van der Waals surface area contributed by atoms with Gasteiger partial charge in [0.1, 0.15) is 16.4 Å². The van der Waals surface area contributed by atoms with Gasteiger partial charge in [0.15, 0.2) is 11.0 Å². The van der Waals surface area contributed by atoms with Crippen LogP contribution in [0.5, 0.6) is 0 Å². The van der Waals surface area contributed by atoms with Gasteiger partial charge in [-0.25, -0.2) is 9.18 Å². The third kappa shape index (κ3) is 5.55. The standard InChI is InChI=1S/C24H20ClFN4O3S2/c1-3-30-21(15-4-8-16(25)9-5-15)28-29-24(30)35-13-19(31)27-22-20(23(32)33-2)18(12-34-22)14-6-10-17(26)11-7-14/h4-12H,3,13H2,1-2H3,(H,27,31). The molecule has 0 saturated carbocycles. The molecule has 2 aromatic carbocycles. The van der Waals surface area contributed by atoms with Crippen molar-refractivity contribution in [3.05, 3.63) is 70.3 Å². The first-order chi connectivity index (χ1) is 16.9. The van der Waals surface area contributed by atoms with Crippen molar-refractivity contribution >= 4 is 51.6 Å². The number of esters is 1. The molecule has 1 amide bonds. The van der Waals surface area contributed by atoms with E-state index in [2.05, 4.69) is 15.5 Å². The summed E-state index contributed by atoms with van der Waals surface area (Å²) in [6.45, 7) is 2.59. The Kier molecular flexibility index (Phi) is 7.84. The van der Waals surface area contributed by atoms with Crippen molar-refractivity contribution in [3.8, 4) is 22.5 Å². The smallest absolute Gasteiger partial charge is 0.341 e. The second kappa shape index (κ2) is 11.0. The largest absolute Gasteiger partial charge is 0.465 e. The Bertz CT molecular complexity index is 1350. The van der Waals surface area contributed by atoms with Gasteiger partial charge >= 0.3 is 5.97 Å². The number of methoxy groups -OCH3 is 1. The fourth-order valence-electron chi connectivity index (χ4n) is 3.38. The van der Waals surface area contributed by atoms with Crippen LogP contribution in [0.15, 0.2) is 59.1 Å². The van der Waals surface area contributed by atoms with Crippen molar-refractivity contribution < 1.29 is 18.7 Å². The molecule has 0 spiro atoms. The molecule has 2 heterocycles. The summed E-state index contributed by atoms with van der Waals surface area (Å²) in [5.41, 5.74) is 2.30. The van der Waals surface area contributed by atoms with Crippen molar-refractivity contribution in [1.29, 1.82) is 0 Å². The molecule has 0 saturated heterocycles. The number of thioether (sulfide) groups is 1. The van der Waals surface area contributed by atoms with Crippen molar-refractivity contribution in [2.24, 2.45) is 0 Å². The number of aromatic nitrogens is 3. The monoisotopic (exact) mass is 530 g/mol. The lowest BCUT2D eigenvalue weighted by molar-refractivity contribution is -0.113. The predicted octanol–water partition coefficient (Wildman–Crippen LogP) is 6.00. The SMILES string of the molecule is CCn1c(SCC(=O)Nc2scc(-c3ccc(F)cc3)c2C(=O)OC)nnc1-c1ccc(Cl)cc1. The van der Waals surface area contributed by atoms with Crippen molar-refractivity contribution in [3.63, 3.8) is 0 Å². The summed E-state index contributed by atoms with van der Waals surface area (Å²) < 4.78 is 20.2. The molecule has 0 unspecified atom stereocenters. The zero-order valence-corrected chi connectivity index (χ0v) is 21.1. The van der Waals surface area contributed by atoms with E-state index in [9.17, 15) is 14.0 Å². The van der Waals surface area contributed by atoms with Gasteiger partial charge in [0.05, 0.1) is 12.9 Å². The summed E-state index contributed by atoms with van der Waals surface area (Å²) in [5.74, 6) is -0.544. The van der Waals surface area contributed by atoms with Crippen molar-refractivity contribution in [2.45, 2.75) is 18.6 Å². The van der Waals surface area contributed by atoms with Crippen LogP contribution >= 0.6 is 34.7 Å². The lowest BCUT2D eigenvalue weighted by atomic mass is 10.0. The van der Waals surface area contributed by atoms with Gasteiger partial charge in [-0.15, -0.1) is 21.5 Å². The first kappa shape index (κ1) is 24.9. The molecule has 1 N–H and O–H groups in total. The fourth-order valence-corrected chi connectivity index (χ4v) is 5.28. The highest BCUT2D eigenvalue weighted by molar-refractivity contribution is 7.99. The number of anilines is 1. The zero-order chi connectivity index (χ0) is 24.9. The summed E-state index contributed by atoms with van der Waals surface area (Å²) >= 11 is 8.42. The quantitative estimate of drug-likeness (QED) is 0.222. The van der Waals surface area contributed by atoms with Gasteiger partial charge in [0.2, 0.25) is 5.91 Å². The Hall–Kier alpha value is -3.21. The van der Waals surface area contributed by atoms with E-state index in [1.54, 1.807) is 29.6 Å². The van der Waals surface area contributed by atoms with Gasteiger partial charge in [-0.1, -0.05) is 35.5 Å². The summed E-state index contributed by atoms with van der Waals surface area (Å²) in [5, 5.41) is 14.6. The maximum Gasteiger partial charge on any atom is 0.341 e. The van der Waals surface area contributed by atoms with Crippen LogP contribution < -0.4 is 5.32 Å². The summed E-state index contributed by atoms with van der Waals surface area (Å²) in [4.78, 5) is 25.2. The Morgan fingerprint density at radius 2 is 1.80 bits per heavy atom. The van der Waals surface area contributed by atoms with Gasteiger partial charge in [-0.2, -0.15) is 0 Å². The lowest BCUT2D eigenvalue weighted by Gasteiger charge is -2.09. The van der Waals surface area contributed by atoms with E-state index in [4.69, 9.17) is 16.3 Å². The predicted molar refractivity (Wildman–Crippen MR) is 137 cm³/mol. The number of halogens is 2. The summed E-state index contributed by atoms with van der Waals surface area (Å²) in [6, 6.07) is 13.1. The van der Waals surface area contributed by atoms with E-state index >= 15 is 0 Å². The molecule has 0 bridgehead atoms. The number of amides is 1. The molecule has 7 nitrogen and oxygen atoms in total. The molecular weight excluding hydrogens is 511 g/mol. The van der Waals surface area contributed by atoms with Crippen molar-refractivity contribution in [1.82, 2.24) is 14.8 Å². The fraction of sp³-hybridized carbons (Fsp3) is 0.167. The van der Waals surface area contributed by atoms with Crippen LogP contribution in [0.25, 0.3) is 22.5 Å². The molecule has 0 radical (unpaired) electrons. The normalized spacial score (nSPS) is 10.9. The van der Waals surface area contributed by atoms with Crippen molar-refractivity contribution in [2.75, 3.05) is 18.2 Å². The Morgan fingerprint density at radius 1 is 1.11 bits per heavy atom. The molecule has 4 aromatic rings. The second-order valence-corrected chi connectivity index (χ2v) is 9.50. The molecular formula is C24H20ClFN4O3S2. The first-order valence-electron chi connectivity index (χ1n) is 10.5. The van der Waals surface area contributed by atoms with Gasteiger partial charge in [0, 0.05) is 28.1 Å². The number of thiophene rings is 1. The first-order valence-corrected chi connectivity index (χ1v) is 12.7. The van der Waals surface area contributed by atoms with Gasteiger partial charge in [0.25, 0.3) is 0 Å². The Balaban J connectivity index is 1.50. The molecule has 0 aliphatic heterocycles. The van der Waals surface area contributed by atoms with Gasteiger partial charge in [-0.3, -0.25) is 4.79 Å². The lowest BCUT2D eigenvalue weighted by Crippen LogP contribution is -2.16. The van der Waals surface area contributed by atoms with Crippen LogP contribution in [0, 0.1) is 5.82 Å². The maximum absolute atomic E-state index is 13.3. The molecule has 0 aliphatic carbocycles. The van der Waals surface area contributed by atoms with Crippen LogP contribution in [0.4, 0.5) is 9.39 Å². The number of nitrogens with one attached hydrogen (secondary N) is 1. The minimum absolute atomic E-state index is 0.0587. The highest BCUT2D eigenvalue weighted by atomic mass is 35.5. The third-order valence-electron chi connectivity index (χ3n) is 5.06. The van der Waals surface area contributed by atoms with Crippen LogP contribution in [0.2, 0.25) is 5.02 Å². The van der Waals surface area contributed by atoms with E-state index in [-0.39, 0.29) is 23.0 Å². The van der Waals surface area contributed by atoms with Crippen LogP contribution in [-0.4, -0.2) is 39.5 Å². The van der Waals surface area contributed by atoms with E-state index in [1.807, 2.05) is 23.6 Å². The highest BCUT2D eigenvalue weighted by Gasteiger charge is 2.23. The number of carbonyl (C=O) groups excluding carboxylic acids is 2. The van der Waals surface area contributed by atoms with Crippen LogP contribution in [-0.2, 0) is 16.1 Å². The van der Waals surface area contributed by atoms with Crippen LogP contribution in [0.1, 0.15) is 17.3 Å². The molecule has 4 rings (SSSR count). The molecule has 0 aliphatic rings. The number of hydrogen-bond donors (Lipinski definition) is 1. The molecule has 11 heteroatoms. The Morgan fingerprint density at radius 3 is 2.46 bits per heavy atom. The molecule has 2 aromatic heterocycles. The average molecular weight is 531 g/mol. The van der Waals surface area contributed by atoms with E-state index < -0.39 is 5.97 Å². The van der Waals surface area contributed by atoms with Crippen LogP contribution in [0.3, 0.4) is 0 Å². The molecule has 0 atom stereocenters. The maximum atomic E-state index is 13.3. The second-order valence-electron chi connectivity index (χ2n) is 7.25. The Labute approximate surface area is 214 Å². The highest BCUT2D eigenvalue weighted by Crippen LogP contribution is 2.36. The van der Waals surface area contributed by atoms with E-state index in [0.717, 1.165) is 5.56 Å². The van der Waals surface area contributed by atoms with Gasteiger partial charge in [-0.05, 0) is 48.9 Å².